The minimum Gasteiger partial charge on any atom is -0.384 e. The van der Waals surface area contributed by atoms with Crippen molar-refractivity contribution in [1.29, 1.82) is 0 Å². The Bertz CT molecular complexity index is 116. The van der Waals surface area contributed by atoms with Crippen LogP contribution >= 0.6 is 0 Å². The zero-order valence-corrected chi connectivity index (χ0v) is 7.00. The van der Waals surface area contributed by atoms with Gasteiger partial charge in [-0.05, 0) is 18.3 Å². The summed E-state index contributed by atoms with van der Waals surface area (Å²) >= 11 is 0. The lowest BCUT2D eigenvalue weighted by Crippen LogP contribution is -2.15. The van der Waals surface area contributed by atoms with E-state index in [-0.39, 0.29) is 6.00 Å². The summed E-state index contributed by atoms with van der Waals surface area (Å²) in [5.41, 5.74) is 0. The molecule has 0 aromatic rings. The molecule has 0 aromatic carbocycles. The van der Waals surface area contributed by atoms with Crippen LogP contribution in [0, 0.1) is 11.8 Å². The normalized spacial score (nSPS) is 47.9. The first-order valence-electron chi connectivity index (χ1n) is 4.07. The van der Waals surface area contributed by atoms with Crippen molar-refractivity contribution < 1.29 is 4.74 Å². The second-order valence-corrected chi connectivity index (χ2v) is 3.27. The van der Waals surface area contributed by atoms with Crippen molar-refractivity contribution in [2.24, 2.45) is 11.8 Å². The molecule has 1 heterocycles. The molecule has 0 aliphatic carbocycles. The summed E-state index contributed by atoms with van der Waals surface area (Å²) in [7, 11) is 5.71. The van der Waals surface area contributed by atoms with Crippen molar-refractivity contribution in [2.45, 2.75) is 39.3 Å². The number of rotatable bonds is 1. The smallest absolute Gasteiger partial charge is 0.109 e. The molecule has 0 bridgehead atoms. The lowest BCUT2D eigenvalue weighted by Gasteiger charge is -2.13. The molecule has 0 aromatic heterocycles. The van der Waals surface area contributed by atoms with Gasteiger partial charge in [0.2, 0.25) is 0 Å². The van der Waals surface area contributed by atoms with Crippen molar-refractivity contribution >= 4 is 7.85 Å². The molecule has 1 nitrogen and oxygen atoms in total. The van der Waals surface area contributed by atoms with Crippen LogP contribution in [0.15, 0.2) is 0 Å². The Morgan fingerprint density at radius 3 is 2.10 bits per heavy atom. The van der Waals surface area contributed by atoms with Gasteiger partial charge < -0.3 is 4.74 Å². The van der Waals surface area contributed by atoms with Gasteiger partial charge in [0.15, 0.2) is 0 Å². The average Bonchev–Trinajstić information content (AvgIpc) is 2.17. The van der Waals surface area contributed by atoms with Crippen LogP contribution in [0.4, 0.5) is 0 Å². The van der Waals surface area contributed by atoms with Gasteiger partial charge in [0.1, 0.15) is 7.85 Å². The van der Waals surface area contributed by atoms with Crippen LogP contribution in [-0.4, -0.2) is 20.0 Å². The third kappa shape index (κ3) is 1.22. The van der Waals surface area contributed by atoms with E-state index >= 15 is 0 Å². The molecule has 1 aliphatic rings. The van der Waals surface area contributed by atoms with E-state index in [1.54, 1.807) is 0 Å². The van der Waals surface area contributed by atoms with Crippen molar-refractivity contribution in [1.82, 2.24) is 0 Å². The molecule has 0 spiro atoms. The van der Waals surface area contributed by atoms with Crippen molar-refractivity contribution in [3.63, 3.8) is 0 Å². The highest BCUT2D eigenvalue weighted by molar-refractivity contribution is 6.11. The second kappa shape index (κ2) is 2.95. The van der Waals surface area contributed by atoms with Gasteiger partial charge in [0.25, 0.3) is 0 Å². The SMILES string of the molecule is [B][C@@H]1OC(CC)[C@@H](C)C1C. The van der Waals surface area contributed by atoms with E-state index in [4.69, 9.17) is 12.6 Å². The summed E-state index contributed by atoms with van der Waals surface area (Å²) in [6.07, 6.45) is 1.48. The molecule has 0 saturated carbocycles. The Labute approximate surface area is 64.6 Å². The quantitative estimate of drug-likeness (QED) is 0.499. The van der Waals surface area contributed by atoms with E-state index in [1.807, 2.05) is 0 Å². The Kier molecular flexibility index (Phi) is 2.40. The van der Waals surface area contributed by atoms with Gasteiger partial charge in [-0.25, -0.2) is 0 Å². The molecule has 4 atom stereocenters. The average molecular weight is 138 g/mol. The Morgan fingerprint density at radius 2 is 1.90 bits per heavy atom. The monoisotopic (exact) mass is 138 g/mol. The van der Waals surface area contributed by atoms with Gasteiger partial charge in [-0.2, -0.15) is 0 Å². The Morgan fingerprint density at radius 1 is 1.30 bits per heavy atom. The molecule has 1 saturated heterocycles. The van der Waals surface area contributed by atoms with Gasteiger partial charge >= 0.3 is 0 Å². The highest BCUT2D eigenvalue weighted by Gasteiger charge is 2.34. The minimum absolute atomic E-state index is 0.0278. The third-order valence-corrected chi connectivity index (χ3v) is 2.67. The van der Waals surface area contributed by atoms with Crippen LogP contribution < -0.4 is 0 Å². The summed E-state index contributed by atoms with van der Waals surface area (Å²) in [6, 6.07) is -0.0278. The predicted octanol–water partition coefficient (Wildman–Crippen LogP) is 1.56. The summed E-state index contributed by atoms with van der Waals surface area (Å²) in [4.78, 5) is 0. The molecular formula is C8H15BO. The first kappa shape index (κ1) is 8.12. The lowest BCUT2D eigenvalue weighted by atomic mass is 9.81. The summed E-state index contributed by atoms with van der Waals surface area (Å²) in [5, 5.41) is 0. The maximum absolute atomic E-state index is 5.71. The van der Waals surface area contributed by atoms with Crippen LogP contribution in [-0.2, 0) is 4.74 Å². The summed E-state index contributed by atoms with van der Waals surface area (Å²) in [6.45, 7) is 6.52. The van der Waals surface area contributed by atoms with Crippen LogP contribution in [0.2, 0.25) is 0 Å². The maximum atomic E-state index is 5.71. The largest absolute Gasteiger partial charge is 0.384 e. The number of hydrogen-bond acceptors (Lipinski definition) is 1. The van der Waals surface area contributed by atoms with Crippen molar-refractivity contribution in [2.75, 3.05) is 0 Å². The number of hydrogen-bond donors (Lipinski definition) is 0. The zero-order chi connectivity index (χ0) is 7.72. The zero-order valence-electron chi connectivity index (χ0n) is 7.00. The first-order chi connectivity index (χ1) is 4.66. The van der Waals surface area contributed by atoms with Gasteiger partial charge in [0.05, 0.1) is 6.10 Å². The molecule has 0 N–H and O–H groups in total. The predicted molar refractivity (Wildman–Crippen MR) is 43.0 cm³/mol. The van der Waals surface area contributed by atoms with E-state index in [1.165, 1.54) is 0 Å². The molecule has 2 unspecified atom stereocenters. The Hall–Kier alpha value is 0.0249. The Balaban J connectivity index is 2.53. The second-order valence-electron chi connectivity index (χ2n) is 3.27. The number of ether oxygens (including phenoxy) is 1. The highest BCUT2D eigenvalue weighted by atomic mass is 16.5. The first-order valence-corrected chi connectivity index (χ1v) is 4.07. The molecule has 1 fully saturated rings. The topological polar surface area (TPSA) is 9.23 Å². The third-order valence-electron chi connectivity index (χ3n) is 2.67. The van der Waals surface area contributed by atoms with Gasteiger partial charge in [-0.1, -0.05) is 20.8 Å². The molecule has 10 heavy (non-hydrogen) atoms. The molecule has 2 radical (unpaired) electrons. The minimum atomic E-state index is -0.0278. The van der Waals surface area contributed by atoms with Crippen LogP contribution in [0.5, 0.6) is 0 Å². The molecule has 0 amide bonds. The van der Waals surface area contributed by atoms with E-state index in [2.05, 4.69) is 20.8 Å². The fourth-order valence-electron chi connectivity index (χ4n) is 1.56. The fraction of sp³-hybridized carbons (Fsp3) is 1.00. The molecule has 1 rings (SSSR count). The van der Waals surface area contributed by atoms with Gasteiger partial charge in [-0.15, -0.1) is 0 Å². The molecular weight excluding hydrogens is 123 g/mol. The van der Waals surface area contributed by atoms with E-state index in [0.29, 0.717) is 17.9 Å². The van der Waals surface area contributed by atoms with E-state index < -0.39 is 0 Å². The van der Waals surface area contributed by atoms with Crippen molar-refractivity contribution in [3.8, 4) is 0 Å². The summed E-state index contributed by atoms with van der Waals surface area (Å²) in [5.74, 6) is 1.14. The van der Waals surface area contributed by atoms with Crippen LogP contribution in [0.3, 0.4) is 0 Å². The standard InChI is InChI=1S/C8H15BO/c1-4-7-5(2)6(3)8(9)10-7/h5-8H,4H2,1-3H3/t5-,6?,7?,8+/m0/s1. The maximum Gasteiger partial charge on any atom is 0.109 e. The molecule has 1 aliphatic heterocycles. The lowest BCUT2D eigenvalue weighted by molar-refractivity contribution is 0.0698. The molecule has 2 heteroatoms. The fourth-order valence-corrected chi connectivity index (χ4v) is 1.56. The van der Waals surface area contributed by atoms with Gasteiger partial charge in [-0.3, -0.25) is 0 Å². The van der Waals surface area contributed by atoms with E-state index in [0.717, 1.165) is 6.42 Å². The van der Waals surface area contributed by atoms with Crippen molar-refractivity contribution in [3.05, 3.63) is 0 Å². The summed E-state index contributed by atoms with van der Waals surface area (Å²) < 4.78 is 5.51. The van der Waals surface area contributed by atoms with Crippen LogP contribution in [0.1, 0.15) is 27.2 Å². The van der Waals surface area contributed by atoms with Crippen LogP contribution in [0.25, 0.3) is 0 Å². The highest BCUT2D eigenvalue weighted by Crippen LogP contribution is 2.31. The van der Waals surface area contributed by atoms with Gasteiger partial charge in [0, 0.05) is 6.00 Å². The molecule has 56 valence electrons. The van der Waals surface area contributed by atoms with E-state index in [9.17, 15) is 0 Å².